The summed E-state index contributed by atoms with van der Waals surface area (Å²) in [5.41, 5.74) is 7.15. The number of anilines is 1. The fourth-order valence-corrected chi connectivity index (χ4v) is 1.69. The number of fused-ring (bicyclic) bond motifs is 1. The van der Waals surface area contributed by atoms with Crippen LogP contribution in [0.25, 0.3) is 11.2 Å². The van der Waals surface area contributed by atoms with Gasteiger partial charge in [-0.2, -0.15) is 0 Å². The molecule has 14 heavy (non-hydrogen) atoms. The standard InChI is InChI=1S/C8H10AsN5/c1-5(9)2-14-4-13-6-7(10)11-3-12-8(6)14/h3-5H,2H2,1H3,(H2,10,11,12). The van der Waals surface area contributed by atoms with Crippen LogP contribution in [0, 0.1) is 0 Å². The maximum atomic E-state index is 5.67. The van der Waals surface area contributed by atoms with E-state index in [0.29, 0.717) is 16.0 Å². The Labute approximate surface area is 90.2 Å². The van der Waals surface area contributed by atoms with Crippen LogP contribution in [0.5, 0.6) is 0 Å². The second-order valence-corrected chi connectivity index (χ2v) is 5.03. The Morgan fingerprint density at radius 1 is 1.50 bits per heavy atom. The first-order chi connectivity index (χ1) is 6.68. The molecule has 2 aromatic rings. The summed E-state index contributed by atoms with van der Waals surface area (Å²) in [6, 6.07) is 0. The van der Waals surface area contributed by atoms with Crippen LogP contribution < -0.4 is 5.73 Å². The Kier molecular flexibility index (Phi) is 2.42. The van der Waals surface area contributed by atoms with E-state index in [1.165, 1.54) is 6.33 Å². The molecule has 1 atom stereocenters. The van der Waals surface area contributed by atoms with Crippen LogP contribution in [0.3, 0.4) is 0 Å². The van der Waals surface area contributed by atoms with Gasteiger partial charge in [-0.3, -0.25) is 0 Å². The van der Waals surface area contributed by atoms with Crippen molar-refractivity contribution in [3.05, 3.63) is 12.7 Å². The molecule has 72 valence electrons. The van der Waals surface area contributed by atoms with Crippen molar-refractivity contribution < 1.29 is 0 Å². The van der Waals surface area contributed by atoms with E-state index < -0.39 is 0 Å². The summed E-state index contributed by atoms with van der Waals surface area (Å²) in [4.78, 5) is 12.2. The van der Waals surface area contributed by atoms with E-state index in [2.05, 4.69) is 38.7 Å². The third-order valence-electron chi connectivity index (χ3n) is 1.89. The van der Waals surface area contributed by atoms with E-state index in [-0.39, 0.29) is 0 Å². The molecule has 0 amide bonds. The summed E-state index contributed by atoms with van der Waals surface area (Å²) in [6.45, 7) is 2.99. The van der Waals surface area contributed by atoms with Gasteiger partial charge in [-0.1, -0.05) is 0 Å². The van der Waals surface area contributed by atoms with Gasteiger partial charge in [0, 0.05) is 0 Å². The molecule has 2 rings (SSSR count). The summed E-state index contributed by atoms with van der Waals surface area (Å²) in [5.74, 6) is 0.437. The molecule has 0 spiro atoms. The van der Waals surface area contributed by atoms with E-state index in [9.17, 15) is 0 Å². The number of nitrogens with zero attached hydrogens (tertiary/aromatic N) is 4. The van der Waals surface area contributed by atoms with Gasteiger partial charge in [0.15, 0.2) is 0 Å². The van der Waals surface area contributed by atoms with Crippen molar-refractivity contribution in [1.29, 1.82) is 0 Å². The second-order valence-electron chi connectivity index (χ2n) is 3.18. The van der Waals surface area contributed by atoms with Gasteiger partial charge in [0.2, 0.25) is 0 Å². The topological polar surface area (TPSA) is 69.6 Å². The van der Waals surface area contributed by atoms with Crippen LogP contribution in [0.15, 0.2) is 12.7 Å². The van der Waals surface area contributed by atoms with Crippen LogP contribution in [0.4, 0.5) is 5.82 Å². The quantitative estimate of drug-likeness (QED) is 0.783. The molecule has 2 heterocycles. The number of imidazole rings is 1. The summed E-state index contributed by atoms with van der Waals surface area (Å²) in [5, 5.41) is 0. The van der Waals surface area contributed by atoms with Crippen LogP contribution in [-0.4, -0.2) is 36.4 Å². The number of aromatic nitrogens is 4. The molecule has 0 saturated carbocycles. The van der Waals surface area contributed by atoms with Crippen LogP contribution in [0.2, 0.25) is 4.71 Å². The Morgan fingerprint density at radius 3 is 3.00 bits per heavy atom. The zero-order valence-electron chi connectivity index (χ0n) is 7.75. The minimum absolute atomic E-state index is 0.437. The molecule has 2 aromatic heterocycles. The van der Waals surface area contributed by atoms with E-state index in [4.69, 9.17) is 5.73 Å². The van der Waals surface area contributed by atoms with Crippen molar-refractivity contribution in [2.24, 2.45) is 0 Å². The van der Waals surface area contributed by atoms with Crippen molar-refractivity contribution in [3.63, 3.8) is 0 Å². The van der Waals surface area contributed by atoms with Crippen molar-refractivity contribution in [1.82, 2.24) is 19.5 Å². The predicted molar refractivity (Wildman–Crippen MR) is 54.9 cm³/mol. The molecule has 0 bridgehead atoms. The average Bonchev–Trinajstić information content (AvgIpc) is 2.49. The number of nitrogens with two attached hydrogens (primary N) is 1. The Bertz CT molecular complexity index is 450. The maximum absolute atomic E-state index is 5.67. The third kappa shape index (κ3) is 1.60. The molecule has 0 aliphatic rings. The first-order valence-electron chi connectivity index (χ1n) is 4.28. The minimum atomic E-state index is 0.437. The fourth-order valence-electron chi connectivity index (χ4n) is 1.32. The molecule has 1 unspecified atom stereocenters. The molecule has 0 saturated heterocycles. The molecule has 6 heteroatoms. The average molecular weight is 251 g/mol. The SMILES string of the molecule is CC([As])Cn1cnc2c(N)ncnc21. The number of hydrogen-bond donors (Lipinski definition) is 1. The Balaban J connectivity index is 2.52. The normalized spacial score (nSPS) is 13.3. The van der Waals surface area contributed by atoms with Gasteiger partial charge >= 0.3 is 89.9 Å². The molecule has 2 radical (unpaired) electrons. The summed E-state index contributed by atoms with van der Waals surface area (Å²) in [7, 11) is 0. The monoisotopic (exact) mass is 251 g/mol. The number of nitrogen functional groups attached to an aromatic ring is 1. The van der Waals surface area contributed by atoms with Gasteiger partial charge < -0.3 is 0 Å². The van der Waals surface area contributed by atoms with E-state index in [1.807, 2.05) is 4.57 Å². The molecule has 0 fully saturated rings. The molecule has 0 aliphatic heterocycles. The molecular formula is C8H10AsN5. The zero-order chi connectivity index (χ0) is 10.1. The van der Waals surface area contributed by atoms with Gasteiger partial charge in [0.25, 0.3) is 0 Å². The van der Waals surface area contributed by atoms with Crippen molar-refractivity contribution in [3.8, 4) is 0 Å². The number of hydrogen-bond acceptors (Lipinski definition) is 4. The van der Waals surface area contributed by atoms with Crippen LogP contribution in [0.1, 0.15) is 6.92 Å². The Hall–Kier alpha value is -1.09. The first kappa shape index (κ1) is 9.46. The van der Waals surface area contributed by atoms with Gasteiger partial charge in [0.1, 0.15) is 0 Å². The molecule has 0 aromatic carbocycles. The molecule has 5 nitrogen and oxygen atoms in total. The fraction of sp³-hybridized carbons (Fsp3) is 0.375. The summed E-state index contributed by atoms with van der Waals surface area (Å²) < 4.78 is 2.48. The Morgan fingerprint density at radius 2 is 2.29 bits per heavy atom. The van der Waals surface area contributed by atoms with E-state index in [0.717, 1.165) is 12.2 Å². The van der Waals surface area contributed by atoms with Gasteiger partial charge in [-0.15, -0.1) is 0 Å². The van der Waals surface area contributed by atoms with Gasteiger partial charge in [-0.05, 0) is 0 Å². The second kappa shape index (κ2) is 3.58. The predicted octanol–water partition coefficient (Wildman–Crippen LogP) is 0.385. The van der Waals surface area contributed by atoms with Crippen molar-refractivity contribution >= 4 is 33.8 Å². The number of rotatable bonds is 2. The first-order valence-corrected chi connectivity index (χ1v) is 5.36. The van der Waals surface area contributed by atoms with E-state index in [1.54, 1.807) is 6.33 Å². The third-order valence-corrected chi connectivity index (χ3v) is 2.23. The molecule has 2 N–H and O–H groups in total. The zero-order valence-corrected chi connectivity index (χ0v) is 9.63. The summed E-state index contributed by atoms with van der Waals surface area (Å²) in [6.07, 6.45) is 3.21. The molecular weight excluding hydrogens is 241 g/mol. The van der Waals surface area contributed by atoms with Gasteiger partial charge in [-0.25, -0.2) is 0 Å². The van der Waals surface area contributed by atoms with E-state index >= 15 is 0 Å². The van der Waals surface area contributed by atoms with Gasteiger partial charge in [0.05, 0.1) is 0 Å². The van der Waals surface area contributed by atoms with Crippen LogP contribution >= 0.6 is 0 Å². The van der Waals surface area contributed by atoms with Crippen molar-refractivity contribution in [2.75, 3.05) is 5.73 Å². The van der Waals surface area contributed by atoms with Crippen molar-refractivity contribution in [2.45, 2.75) is 18.2 Å². The molecule has 0 aliphatic carbocycles. The van der Waals surface area contributed by atoms with Crippen LogP contribution in [-0.2, 0) is 6.54 Å². The summed E-state index contributed by atoms with van der Waals surface area (Å²) >= 11 is 2.59.